The molecule has 0 saturated carbocycles. The largest absolute Gasteiger partial charge is 0.489 e. The molecule has 0 spiro atoms. The van der Waals surface area contributed by atoms with Gasteiger partial charge in [0.25, 0.3) is 0 Å². The molecule has 4 aromatic rings. The lowest BCUT2D eigenvalue weighted by Gasteiger charge is -2.14. The molecule has 2 aromatic carbocycles. The molecule has 0 aliphatic heterocycles. The highest BCUT2D eigenvalue weighted by molar-refractivity contribution is 5.93. The van der Waals surface area contributed by atoms with E-state index in [4.69, 9.17) is 30.1 Å². The number of furan rings is 1. The van der Waals surface area contributed by atoms with Crippen LogP contribution in [0.4, 0.5) is 4.39 Å². The van der Waals surface area contributed by atoms with Gasteiger partial charge in [0, 0.05) is 61.5 Å². The fourth-order valence-electron chi connectivity index (χ4n) is 4.03. The van der Waals surface area contributed by atoms with Crippen LogP contribution >= 0.6 is 0 Å². The number of carbonyl (C=O) groups is 1. The maximum atomic E-state index is 15.1. The number of nitrogens with zero attached hydrogens (tertiary/aromatic N) is 1. The van der Waals surface area contributed by atoms with Crippen LogP contribution in [0.3, 0.4) is 0 Å². The highest BCUT2D eigenvalue weighted by Gasteiger charge is 2.17. The van der Waals surface area contributed by atoms with E-state index >= 15 is 4.39 Å². The van der Waals surface area contributed by atoms with Gasteiger partial charge < -0.3 is 30.1 Å². The highest BCUT2D eigenvalue weighted by Crippen LogP contribution is 2.34. The Morgan fingerprint density at radius 1 is 1.03 bits per heavy atom. The number of carbonyl (C=O) groups excluding carboxylic acids is 1. The summed E-state index contributed by atoms with van der Waals surface area (Å²) in [4.78, 5) is 16.4. The maximum absolute atomic E-state index is 15.1. The quantitative estimate of drug-likeness (QED) is 0.216. The first-order chi connectivity index (χ1) is 18.0. The highest BCUT2D eigenvalue weighted by atomic mass is 19.1. The molecular weight excluding hydrogens is 477 g/mol. The van der Waals surface area contributed by atoms with E-state index in [2.05, 4.69) is 4.98 Å². The van der Waals surface area contributed by atoms with Gasteiger partial charge in [-0.1, -0.05) is 12.1 Å². The molecule has 0 fully saturated rings. The number of aromatic nitrogens is 1. The van der Waals surface area contributed by atoms with Crippen molar-refractivity contribution in [1.82, 2.24) is 4.98 Å². The van der Waals surface area contributed by atoms with Crippen molar-refractivity contribution in [2.45, 2.75) is 32.5 Å². The molecule has 194 valence electrons. The molecule has 8 nitrogen and oxygen atoms in total. The van der Waals surface area contributed by atoms with Crippen LogP contribution in [0.2, 0.25) is 0 Å². The Morgan fingerprint density at radius 3 is 2.68 bits per heavy atom. The zero-order chi connectivity index (χ0) is 26.2. The van der Waals surface area contributed by atoms with E-state index < -0.39 is 5.82 Å². The summed E-state index contributed by atoms with van der Waals surface area (Å²) in [6.07, 6.45) is 3.77. The minimum atomic E-state index is -0.484. The number of fused-ring (bicyclic) bond motifs is 1. The van der Waals surface area contributed by atoms with Crippen LogP contribution < -0.4 is 16.2 Å². The SMILES string of the molecule is COCCCOC(=O)Cc1ccc(CN)cc1OCc1cc(-c2ccnc(CN)c2F)c2occc2c1. The summed E-state index contributed by atoms with van der Waals surface area (Å²) in [6, 6.07) is 12.6. The number of pyridine rings is 1. The van der Waals surface area contributed by atoms with Crippen molar-refractivity contribution >= 4 is 16.9 Å². The molecule has 0 saturated heterocycles. The van der Waals surface area contributed by atoms with E-state index in [1.165, 1.54) is 6.20 Å². The smallest absolute Gasteiger partial charge is 0.310 e. The lowest BCUT2D eigenvalue weighted by Crippen LogP contribution is -2.12. The van der Waals surface area contributed by atoms with Crippen molar-refractivity contribution < 1.29 is 27.8 Å². The van der Waals surface area contributed by atoms with E-state index in [1.54, 1.807) is 19.4 Å². The van der Waals surface area contributed by atoms with Crippen molar-refractivity contribution in [2.75, 3.05) is 20.3 Å². The minimum Gasteiger partial charge on any atom is -0.489 e. The normalized spacial score (nSPS) is 11.1. The van der Waals surface area contributed by atoms with Crippen molar-refractivity contribution in [3.05, 3.63) is 83.1 Å². The summed E-state index contributed by atoms with van der Waals surface area (Å²) >= 11 is 0. The van der Waals surface area contributed by atoms with Crippen molar-refractivity contribution in [3.8, 4) is 16.9 Å². The van der Waals surface area contributed by atoms with Crippen molar-refractivity contribution in [3.63, 3.8) is 0 Å². The molecule has 0 amide bonds. The molecule has 9 heteroatoms. The van der Waals surface area contributed by atoms with Gasteiger partial charge in [0.05, 0.1) is 25.0 Å². The fraction of sp³-hybridized carbons (Fsp3) is 0.286. The third-order valence-corrected chi connectivity index (χ3v) is 5.91. The van der Waals surface area contributed by atoms with E-state index in [0.29, 0.717) is 47.6 Å². The second-order valence-corrected chi connectivity index (χ2v) is 8.48. The maximum Gasteiger partial charge on any atom is 0.310 e. The molecule has 0 atom stereocenters. The number of ether oxygens (including phenoxy) is 3. The monoisotopic (exact) mass is 507 g/mol. The number of methoxy groups -OCH3 is 1. The standard InChI is InChI=1S/C28H30FN3O5/c1-34-8-2-9-35-26(33)14-20-4-3-18(15-30)13-25(20)37-17-19-11-21-6-10-36-28(21)23(12-19)22-5-7-32-24(16-31)27(22)29/h3-7,10-13H,2,8-9,14-17,30-31H2,1H3. The van der Waals surface area contributed by atoms with Gasteiger partial charge in [-0.25, -0.2) is 4.39 Å². The van der Waals surface area contributed by atoms with E-state index in [1.807, 2.05) is 36.4 Å². The van der Waals surface area contributed by atoms with Gasteiger partial charge >= 0.3 is 5.97 Å². The first kappa shape index (κ1) is 26.3. The zero-order valence-corrected chi connectivity index (χ0v) is 20.7. The van der Waals surface area contributed by atoms with E-state index in [0.717, 1.165) is 16.5 Å². The van der Waals surface area contributed by atoms with Gasteiger partial charge in [0.1, 0.15) is 17.9 Å². The molecule has 0 aliphatic rings. The Bertz CT molecular complexity index is 1370. The number of nitrogens with two attached hydrogens (primary N) is 2. The Morgan fingerprint density at radius 2 is 1.89 bits per heavy atom. The van der Waals surface area contributed by atoms with Crippen LogP contribution in [0.1, 0.15) is 28.8 Å². The third-order valence-electron chi connectivity index (χ3n) is 5.91. The average molecular weight is 508 g/mol. The number of hydrogen-bond donors (Lipinski definition) is 2. The summed E-state index contributed by atoms with van der Waals surface area (Å²) in [5.74, 6) is -0.304. The lowest BCUT2D eigenvalue weighted by atomic mass is 10.00. The Balaban J connectivity index is 1.58. The predicted molar refractivity (Wildman–Crippen MR) is 137 cm³/mol. The Hall–Kier alpha value is -3.79. The van der Waals surface area contributed by atoms with Crippen LogP contribution in [0, 0.1) is 5.82 Å². The summed E-state index contributed by atoms with van der Waals surface area (Å²) in [7, 11) is 1.60. The summed E-state index contributed by atoms with van der Waals surface area (Å²) in [6.45, 7) is 1.29. The van der Waals surface area contributed by atoms with Gasteiger partial charge in [-0.2, -0.15) is 0 Å². The Labute approximate surface area is 214 Å². The van der Waals surface area contributed by atoms with Crippen LogP contribution in [0.15, 0.2) is 59.3 Å². The molecule has 0 bridgehead atoms. The topological polar surface area (TPSA) is 123 Å². The number of esters is 1. The number of halogens is 1. The fourth-order valence-corrected chi connectivity index (χ4v) is 4.03. The van der Waals surface area contributed by atoms with Crippen LogP contribution in [0.5, 0.6) is 5.75 Å². The van der Waals surface area contributed by atoms with Gasteiger partial charge in [-0.15, -0.1) is 0 Å². The second kappa shape index (κ2) is 12.4. The van der Waals surface area contributed by atoms with E-state index in [9.17, 15) is 4.79 Å². The molecule has 0 aliphatic carbocycles. The van der Waals surface area contributed by atoms with Crippen molar-refractivity contribution in [1.29, 1.82) is 0 Å². The van der Waals surface area contributed by atoms with Crippen LogP contribution in [-0.4, -0.2) is 31.3 Å². The van der Waals surface area contributed by atoms with Crippen molar-refractivity contribution in [2.24, 2.45) is 11.5 Å². The Kier molecular flexibility index (Phi) is 8.84. The number of hydrogen-bond acceptors (Lipinski definition) is 8. The molecule has 2 aromatic heterocycles. The molecular formula is C28H30FN3O5. The second-order valence-electron chi connectivity index (χ2n) is 8.48. The minimum absolute atomic E-state index is 0.0150. The van der Waals surface area contributed by atoms with Gasteiger partial charge in [0.15, 0.2) is 5.82 Å². The first-order valence-electron chi connectivity index (χ1n) is 12.0. The summed E-state index contributed by atoms with van der Waals surface area (Å²) < 4.78 is 37.2. The van der Waals surface area contributed by atoms with Crippen LogP contribution in [-0.2, 0) is 40.4 Å². The number of rotatable bonds is 12. The van der Waals surface area contributed by atoms with Crippen LogP contribution in [0.25, 0.3) is 22.1 Å². The van der Waals surface area contributed by atoms with Gasteiger partial charge in [-0.05, 0) is 41.5 Å². The van der Waals surface area contributed by atoms with Gasteiger partial charge in [-0.3, -0.25) is 9.78 Å². The lowest BCUT2D eigenvalue weighted by molar-refractivity contribution is -0.143. The van der Waals surface area contributed by atoms with E-state index in [-0.39, 0.29) is 37.8 Å². The van der Waals surface area contributed by atoms with Gasteiger partial charge in [0.2, 0.25) is 0 Å². The molecule has 4 N–H and O–H groups in total. The molecule has 0 radical (unpaired) electrons. The molecule has 0 unspecified atom stereocenters. The third kappa shape index (κ3) is 6.32. The molecule has 37 heavy (non-hydrogen) atoms. The molecule has 4 rings (SSSR count). The average Bonchev–Trinajstić information content (AvgIpc) is 3.39. The molecule has 2 heterocycles. The number of benzene rings is 2. The summed E-state index contributed by atoms with van der Waals surface area (Å²) in [5, 5.41) is 0.803. The summed E-state index contributed by atoms with van der Waals surface area (Å²) in [5.41, 5.74) is 15.5. The zero-order valence-electron chi connectivity index (χ0n) is 20.7. The predicted octanol–water partition coefficient (Wildman–Crippen LogP) is 4.25. The first-order valence-corrected chi connectivity index (χ1v) is 12.0.